The second-order valence-electron chi connectivity index (χ2n) is 5.27. The quantitative estimate of drug-likeness (QED) is 0.647. The standard InChI is InChI=1S/C11H20N2O4/c1-10(2,7-14)13(3)9(17)12-6-11(4-5-11)8(15)16/h14H,4-7H2,1-3H3,(H,12,17)(H,15,16). The number of likely N-dealkylation sites (N-methyl/N-ethyl adjacent to an activating group) is 1. The van der Waals surface area contributed by atoms with Crippen LogP contribution < -0.4 is 5.32 Å². The molecule has 0 radical (unpaired) electrons. The average Bonchev–Trinajstić information content (AvgIpc) is 3.05. The predicted octanol–water partition coefficient (Wildman–Crippen LogP) is 0.263. The Morgan fingerprint density at radius 3 is 2.29 bits per heavy atom. The van der Waals surface area contributed by atoms with Crippen molar-refractivity contribution >= 4 is 12.0 Å². The van der Waals surface area contributed by atoms with E-state index in [-0.39, 0.29) is 19.2 Å². The van der Waals surface area contributed by atoms with Gasteiger partial charge in [0.15, 0.2) is 0 Å². The maximum atomic E-state index is 11.8. The van der Waals surface area contributed by atoms with E-state index in [9.17, 15) is 9.59 Å². The molecule has 0 aromatic heterocycles. The van der Waals surface area contributed by atoms with E-state index in [1.54, 1.807) is 20.9 Å². The first-order valence-electron chi connectivity index (χ1n) is 5.61. The van der Waals surface area contributed by atoms with Crippen LogP contribution in [0.1, 0.15) is 26.7 Å². The number of rotatable bonds is 5. The summed E-state index contributed by atoms with van der Waals surface area (Å²) in [5.41, 5.74) is -1.43. The van der Waals surface area contributed by atoms with Gasteiger partial charge in [-0.25, -0.2) is 4.79 Å². The monoisotopic (exact) mass is 244 g/mol. The minimum Gasteiger partial charge on any atom is -0.481 e. The van der Waals surface area contributed by atoms with E-state index in [1.807, 2.05) is 0 Å². The zero-order valence-corrected chi connectivity index (χ0v) is 10.5. The van der Waals surface area contributed by atoms with E-state index in [2.05, 4.69) is 5.32 Å². The number of hydrogen-bond donors (Lipinski definition) is 3. The van der Waals surface area contributed by atoms with E-state index in [1.165, 1.54) is 4.90 Å². The highest BCUT2D eigenvalue weighted by molar-refractivity contribution is 5.80. The molecule has 0 heterocycles. The normalized spacial score (nSPS) is 17.4. The third-order valence-corrected chi connectivity index (χ3v) is 3.48. The Hall–Kier alpha value is -1.30. The van der Waals surface area contributed by atoms with Crippen LogP contribution in [0.15, 0.2) is 0 Å². The van der Waals surface area contributed by atoms with Crippen LogP contribution in [-0.2, 0) is 4.79 Å². The van der Waals surface area contributed by atoms with Gasteiger partial charge in [0, 0.05) is 13.6 Å². The molecule has 0 unspecified atom stereocenters. The van der Waals surface area contributed by atoms with Gasteiger partial charge < -0.3 is 20.4 Å². The van der Waals surface area contributed by atoms with E-state index in [4.69, 9.17) is 10.2 Å². The van der Waals surface area contributed by atoms with Crippen LogP contribution in [0.2, 0.25) is 0 Å². The lowest BCUT2D eigenvalue weighted by molar-refractivity contribution is -0.143. The molecule has 0 atom stereocenters. The first kappa shape index (κ1) is 13.8. The molecule has 1 aliphatic rings. The number of amides is 2. The van der Waals surface area contributed by atoms with Gasteiger partial charge in [0.05, 0.1) is 17.6 Å². The number of aliphatic hydroxyl groups is 1. The van der Waals surface area contributed by atoms with Gasteiger partial charge in [0.25, 0.3) is 0 Å². The first-order chi connectivity index (χ1) is 7.75. The predicted molar refractivity (Wildman–Crippen MR) is 61.6 cm³/mol. The maximum Gasteiger partial charge on any atom is 0.317 e. The zero-order chi connectivity index (χ0) is 13.3. The second-order valence-corrected chi connectivity index (χ2v) is 5.27. The molecule has 2 amide bonds. The molecule has 0 spiro atoms. The number of carboxylic acid groups (broad SMARTS) is 1. The molecule has 0 saturated heterocycles. The molecule has 6 nitrogen and oxygen atoms in total. The van der Waals surface area contributed by atoms with Crippen LogP contribution in [0.25, 0.3) is 0 Å². The highest BCUT2D eigenvalue weighted by Crippen LogP contribution is 2.45. The van der Waals surface area contributed by atoms with Crippen LogP contribution in [0.5, 0.6) is 0 Å². The van der Waals surface area contributed by atoms with Crippen LogP contribution >= 0.6 is 0 Å². The molecule has 0 aliphatic heterocycles. The molecule has 0 aromatic carbocycles. The van der Waals surface area contributed by atoms with Gasteiger partial charge in [-0.3, -0.25) is 4.79 Å². The molecule has 3 N–H and O–H groups in total. The molecular formula is C11H20N2O4. The fourth-order valence-electron chi connectivity index (χ4n) is 1.36. The van der Waals surface area contributed by atoms with Crippen molar-refractivity contribution in [3.63, 3.8) is 0 Å². The summed E-state index contributed by atoms with van der Waals surface area (Å²) in [5, 5.41) is 20.7. The fourth-order valence-corrected chi connectivity index (χ4v) is 1.36. The number of aliphatic hydroxyl groups excluding tert-OH is 1. The fraction of sp³-hybridized carbons (Fsp3) is 0.818. The summed E-state index contributed by atoms with van der Waals surface area (Å²) in [6, 6.07) is -0.364. The lowest BCUT2D eigenvalue weighted by Gasteiger charge is -2.34. The van der Waals surface area contributed by atoms with E-state index >= 15 is 0 Å². The van der Waals surface area contributed by atoms with Crippen molar-refractivity contribution in [1.29, 1.82) is 0 Å². The van der Waals surface area contributed by atoms with E-state index in [0.717, 1.165) is 0 Å². The van der Waals surface area contributed by atoms with Crippen LogP contribution in [0.3, 0.4) is 0 Å². The Labute approximate surface area is 101 Å². The van der Waals surface area contributed by atoms with Gasteiger partial charge in [-0.1, -0.05) is 0 Å². The van der Waals surface area contributed by atoms with Crippen LogP contribution in [0, 0.1) is 5.41 Å². The lowest BCUT2D eigenvalue weighted by Crippen LogP contribution is -2.52. The largest absolute Gasteiger partial charge is 0.481 e. The van der Waals surface area contributed by atoms with Crippen molar-refractivity contribution in [3.8, 4) is 0 Å². The second kappa shape index (κ2) is 4.52. The summed E-state index contributed by atoms with van der Waals surface area (Å²) in [4.78, 5) is 24.1. The molecule has 1 fully saturated rings. The zero-order valence-electron chi connectivity index (χ0n) is 10.5. The van der Waals surface area contributed by atoms with Crippen LogP contribution in [0.4, 0.5) is 4.79 Å². The van der Waals surface area contributed by atoms with Gasteiger partial charge in [-0.05, 0) is 26.7 Å². The number of urea groups is 1. The number of hydrogen-bond acceptors (Lipinski definition) is 3. The van der Waals surface area contributed by atoms with Crippen molar-refractivity contribution in [1.82, 2.24) is 10.2 Å². The van der Waals surface area contributed by atoms with E-state index in [0.29, 0.717) is 12.8 Å². The third kappa shape index (κ3) is 2.88. The Morgan fingerprint density at radius 1 is 1.41 bits per heavy atom. The van der Waals surface area contributed by atoms with Gasteiger partial charge in [-0.2, -0.15) is 0 Å². The minimum absolute atomic E-state index is 0.146. The van der Waals surface area contributed by atoms with Gasteiger partial charge >= 0.3 is 12.0 Å². The minimum atomic E-state index is -0.859. The Bertz CT molecular complexity index is 323. The molecule has 1 aliphatic carbocycles. The molecule has 6 heteroatoms. The summed E-state index contributed by atoms with van der Waals surface area (Å²) in [6.45, 7) is 3.46. The van der Waals surface area contributed by atoms with Crippen molar-refractivity contribution in [2.24, 2.45) is 5.41 Å². The summed E-state index contributed by atoms with van der Waals surface area (Å²) >= 11 is 0. The van der Waals surface area contributed by atoms with Gasteiger partial charge in [0.1, 0.15) is 0 Å². The molecule has 17 heavy (non-hydrogen) atoms. The highest BCUT2D eigenvalue weighted by Gasteiger charge is 2.50. The third-order valence-electron chi connectivity index (χ3n) is 3.48. The number of carbonyl (C=O) groups is 2. The Balaban J connectivity index is 2.48. The average molecular weight is 244 g/mol. The summed E-state index contributed by atoms with van der Waals surface area (Å²) < 4.78 is 0. The molecule has 98 valence electrons. The summed E-state index contributed by atoms with van der Waals surface area (Å²) in [5.74, 6) is -0.859. The molecule has 0 bridgehead atoms. The number of carboxylic acids is 1. The van der Waals surface area contributed by atoms with Crippen molar-refractivity contribution in [2.75, 3.05) is 20.2 Å². The molecule has 0 aromatic rings. The Morgan fingerprint density at radius 2 is 1.94 bits per heavy atom. The molecule has 1 saturated carbocycles. The smallest absolute Gasteiger partial charge is 0.317 e. The van der Waals surface area contributed by atoms with E-state index < -0.39 is 16.9 Å². The van der Waals surface area contributed by atoms with Crippen molar-refractivity contribution in [2.45, 2.75) is 32.2 Å². The maximum absolute atomic E-state index is 11.8. The first-order valence-corrected chi connectivity index (χ1v) is 5.61. The molecular weight excluding hydrogens is 224 g/mol. The number of nitrogens with one attached hydrogen (secondary N) is 1. The summed E-state index contributed by atoms with van der Waals surface area (Å²) in [6.07, 6.45) is 1.21. The number of nitrogens with zero attached hydrogens (tertiary/aromatic N) is 1. The molecule has 1 rings (SSSR count). The van der Waals surface area contributed by atoms with Crippen molar-refractivity contribution in [3.05, 3.63) is 0 Å². The van der Waals surface area contributed by atoms with Gasteiger partial charge in [0.2, 0.25) is 0 Å². The SMILES string of the molecule is CN(C(=O)NCC1(C(=O)O)CC1)C(C)(C)CO. The lowest BCUT2D eigenvalue weighted by atomic mass is 10.1. The highest BCUT2D eigenvalue weighted by atomic mass is 16.4. The topological polar surface area (TPSA) is 89.9 Å². The van der Waals surface area contributed by atoms with Crippen LogP contribution in [-0.4, -0.2) is 52.9 Å². The number of aliphatic carboxylic acids is 1. The Kier molecular flexibility index (Phi) is 3.66. The summed E-state index contributed by atoms with van der Waals surface area (Å²) in [7, 11) is 1.58. The van der Waals surface area contributed by atoms with Crippen molar-refractivity contribution < 1.29 is 19.8 Å². The van der Waals surface area contributed by atoms with Gasteiger partial charge in [-0.15, -0.1) is 0 Å². The number of carbonyl (C=O) groups excluding carboxylic acids is 1.